The number of hydrogen-bond donors (Lipinski definition) is 1. The molecule has 2 fully saturated rings. The fourth-order valence-electron chi connectivity index (χ4n) is 3.42. The van der Waals surface area contributed by atoms with E-state index < -0.39 is 0 Å². The van der Waals surface area contributed by atoms with Crippen molar-refractivity contribution >= 4 is 28.2 Å². The number of nitrogens with one attached hydrogen (secondary N) is 1. The topological polar surface area (TPSA) is 83.5 Å². The number of thiazole rings is 1. The highest BCUT2D eigenvalue weighted by Crippen LogP contribution is 2.28. The Kier molecular flexibility index (Phi) is 5.22. The number of carbonyl (C=O) groups excluding carboxylic acids is 1. The molecule has 0 spiro atoms. The second-order valence-corrected chi connectivity index (χ2v) is 8.24. The average molecular weight is 388 g/mol. The van der Waals surface area contributed by atoms with Crippen LogP contribution in [0.3, 0.4) is 0 Å². The largest absolute Gasteiger partial charge is 0.473 e. The lowest BCUT2D eigenvalue weighted by Crippen LogP contribution is -2.37. The first-order chi connectivity index (χ1) is 13.1. The minimum Gasteiger partial charge on any atom is -0.473 e. The zero-order chi connectivity index (χ0) is 18.8. The van der Waals surface area contributed by atoms with E-state index in [0.29, 0.717) is 17.1 Å². The van der Waals surface area contributed by atoms with Gasteiger partial charge in [0.15, 0.2) is 5.13 Å². The van der Waals surface area contributed by atoms with Crippen molar-refractivity contribution in [2.45, 2.75) is 45.4 Å². The molecule has 2 aromatic heterocycles. The monoisotopic (exact) mass is 388 g/mol. The first-order valence-electron chi connectivity index (χ1n) is 9.27. The number of aromatic nitrogens is 3. The molecule has 9 heteroatoms. The summed E-state index contributed by atoms with van der Waals surface area (Å²) in [5.41, 5.74) is 0. The Bertz CT molecular complexity index is 809. The van der Waals surface area contributed by atoms with Crippen LogP contribution in [0.1, 0.15) is 31.6 Å². The second kappa shape index (κ2) is 7.77. The molecule has 0 aromatic carbocycles. The predicted molar refractivity (Wildman–Crippen MR) is 104 cm³/mol. The Morgan fingerprint density at radius 3 is 2.96 bits per heavy atom. The van der Waals surface area contributed by atoms with E-state index in [-0.39, 0.29) is 12.0 Å². The Hall–Kier alpha value is -2.26. The van der Waals surface area contributed by atoms with E-state index in [4.69, 9.17) is 4.74 Å². The Morgan fingerprint density at radius 2 is 2.22 bits per heavy atom. The normalized spacial score (nSPS) is 22.5. The van der Waals surface area contributed by atoms with Crippen molar-refractivity contribution in [2.75, 3.05) is 29.9 Å². The summed E-state index contributed by atoms with van der Waals surface area (Å²) in [6.07, 6.45) is 5.71. The van der Waals surface area contributed by atoms with E-state index in [9.17, 15) is 4.79 Å². The SMILES string of the molecule is CC(=O)Nc1ncc(CN2C[C@H](Oc3cc(N4CCC4)ncn3)C[C@@H]2C)s1. The molecule has 2 aliphatic rings. The van der Waals surface area contributed by atoms with Gasteiger partial charge in [-0.2, -0.15) is 0 Å². The van der Waals surface area contributed by atoms with Crippen molar-refractivity contribution in [3.8, 4) is 5.88 Å². The van der Waals surface area contributed by atoms with E-state index in [2.05, 4.69) is 37.0 Å². The van der Waals surface area contributed by atoms with E-state index in [1.54, 1.807) is 6.33 Å². The molecule has 1 N–H and O–H groups in total. The molecule has 144 valence electrons. The van der Waals surface area contributed by atoms with Gasteiger partial charge in [0, 0.05) is 62.7 Å². The third-order valence-corrected chi connectivity index (χ3v) is 5.85. The smallest absolute Gasteiger partial charge is 0.223 e. The molecule has 0 aliphatic carbocycles. The first kappa shape index (κ1) is 18.1. The van der Waals surface area contributed by atoms with Crippen LogP contribution in [0, 0.1) is 0 Å². The molecule has 2 aliphatic heterocycles. The van der Waals surface area contributed by atoms with Gasteiger partial charge in [-0.1, -0.05) is 0 Å². The van der Waals surface area contributed by atoms with Crippen molar-refractivity contribution in [2.24, 2.45) is 0 Å². The minimum absolute atomic E-state index is 0.0960. The highest BCUT2D eigenvalue weighted by atomic mass is 32.1. The van der Waals surface area contributed by atoms with Gasteiger partial charge >= 0.3 is 0 Å². The number of ether oxygens (including phenoxy) is 1. The molecule has 4 rings (SSSR count). The molecule has 27 heavy (non-hydrogen) atoms. The van der Waals surface area contributed by atoms with E-state index in [1.807, 2.05) is 12.3 Å². The van der Waals surface area contributed by atoms with Crippen LogP contribution < -0.4 is 15.0 Å². The Labute approximate surface area is 162 Å². The average Bonchev–Trinajstić information content (AvgIpc) is 3.13. The molecule has 1 amide bonds. The van der Waals surface area contributed by atoms with Gasteiger partial charge in [-0.05, 0) is 13.3 Å². The minimum atomic E-state index is -0.0960. The molecule has 2 saturated heterocycles. The zero-order valence-corrected chi connectivity index (χ0v) is 16.4. The number of anilines is 2. The molecule has 2 aromatic rings. The lowest BCUT2D eigenvalue weighted by atomic mass is 10.2. The Morgan fingerprint density at radius 1 is 1.37 bits per heavy atom. The van der Waals surface area contributed by atoms with Crippen LogP contribution in [0.2, 0.25) is 0 Å². The maximum atomic E-state index is 11.1. The predicted octanol–water partition coefficient (Wildman–Crippen LogP) is 2.14. The van der Waals surface area contributed by atoms with Crippen molar-refractivity contribution in [1.29, 1.82) is 0 Å². The van der Waals surface area contributed by atoms with E-state index in [1.165, 1.54) is 24.7 Å². The van der Waals surface area contributed by atoms with Gasteiger partial charge in [0.1, 0.15) is 18.2 Å². The van der Waals surface area contributed by atoms with Crippen molar-refractivity contribution in [3.63, 3.8) is 0 Å². The molecule has 8 nitrogen and oxygen atoms in total. The summed E-state index contributed by atoms with van der Waals surface area (Å²) >= 11 is 1.52. The zero-order valence-electron chi connectivity index (χ0n) is 15.6. The van der Waals surface area contributed by atoms with Crippen LogP contribution in [0.25, 0.3) is 0 Å². The fraction of sp³-hybridized carbons (Fsp3) is 0.556. The fourth-order valence-corrected chi connectivity index (χ4v) is 4.31. The summed E-state index contributed by atoms with van der Waals surface area (Å²) in [5, 5.41) is 3.38. The van der Waals surface area contributed by atoms with Gasteiger partial charge in [-0.3, -0.25) is 9.69 Å². The highest BCUT2D eigenvalue weighted by molar-refractivity contribution is 7.15. The summed E-state index contributed by atoms with van der Waals surface area (Å²) in [5.74, 6) is 1.50. The van der Waals surface area contributed by atoms with Gasteiger partial charge in [-0.15, -0.1) is 11.3 Å². The summed E-state index contributed by atoms with van der Waals surface area (Å²) < 4.78 is 6.14. The quantitative estimate of drug-likeness (QED) is 0.812. The molecule has 0 bridgehead atoms. The molecule has 0 radical (unpaired) electrons. The van der Waals surface area contributed by atoms with Crippen molar-refractivity contribution in [1.82, 2.24) is 19.9 Å². The van der Waals surface area contributed by atoms with E-state index >= 15 is 0 Å². The molecular formula is C18H24N6O2S. The summed E-state index contributed by atoms with van der Waals surface area (Å²) in [4.78, 5) is 29.8. The molecular weight excluding hydrogens is 364 g/mol. The van der Waals surface area contributed by atoms with Crippen LogP contribution >= 0.6 is 11.3 Å². The van der Waals surface area contributed by atoms with Crippen molar-refractivity contribution < 1.29 is 9.53 Å². The number of nitrogens with zero attached hydrogens (tertiary/aromatic N) is 5. The number of carbonyl (C=O) groups is 1. The van der Waals surface area contributed by atoms with Crippen LogP contribution in [0.15, 0.2) is 18.6 Å². The second-order valence-electron chi connectivity index (χ2n) is 7.12. The number of hydrogen-bond acceptors (Lipinski definition) is 8. The highest BCUT2D eigenvalue weighted by Gasteiger charge is 2.31. The number of amides is 1. The molecule has 0 saturated carbocycles. The molecule has 2 atom stereocenters. The van der Waals surface area contributed by atoms with Gasteiger partial charge in [-0.25, -0.2) is 15.0 Å². The van der Waals surface area contributed by atoms with Crippen LogP contribution in [0.4, 0.5) is 10.9 Å². The molecule has 0 unspecified atom stereocenters. The van der Waals surface area contributed by atoms with Crippen LogP contribution in [-0.4, -0.2) is 57.5 Å². The first-order valence-corrected chi connectivity index (χ1v) is 10.1. The Balaban J connectivity index is 1.34. The standard InChI is InChI=1S/C18H24N6O2S/c1-12-6-14(26-17-7-16(20-11-21-17)23-4-3-5-23)9-24(12)10-15-8-19-18(27-15)22-13(2)25/h7-8,11-12,14H,3-6,9-10H2,1-2H3,(H,19,22,25)/t12-,14+/m0/s1. The van der Waals surface area contributed by atoms with Gasteiger partial charge in [0.2, 0.25) is 11.8 Å². The van der Waals surface area contributed by atoms with Gasteiger partial charge in [0.25, 0.3) is 0 Å². The third kappa shape index (κ3) is 4.36. The van der Waals surface area contributed by atoms with Gasteiger partial charge in [0.05, 0.1) is 0 Å². The maximum absolute atomic E-state index is 11.1. The van der Waals surface area contributed by atoms with Crippen molar-refractivity contribution in [3.05, 3.63) is 23.5 Å². The summed E-state index contributed by atoms with van der Waals surface area (Å²) in [7, 11) is 0. The summed E-state index contributed by atoms with van der Waals surface area (Å²) in [6.45, 7) is 7.47. The number of likely N-dealkylation sites (tertiary alicyclic amines) is 1. The van der Waals surface area contributed by atoms with Crippen LogP contribution in [-0.2, 0) is 11.3 Å². The maximum Gasteiger partial charge on any atom is 0.223 e. The lowest BCUT2D eigenvalue weighted by molar-refractivity contribution is -0.114. The summed E-state index contributed by atoms with van der Waals surface area (Å²) in [6, 6.07) is 2.35. The molecule has 4 heterocycles. The number of rotatable bonds is 6. The van der Waals surface area contributed by atoms with Crippen LogP contribution in [0.5, 0.6) is 5.88 Å². The van der Waals surface area contributed by atoms with Gasteiger partial charge < -0.3 is 15.0 Å². The third-order valence-electron chi connectivity index (χ3n) is 4.96. The van der Waals surface area contributed by atoms with E-state index in [0.717, 1.165) is 43.3 Å². The lowest BCUT2D eigenvalue weighted by Gasteiger charge is -2.31.